The van der Waals surface area contributed by atoms with E-state index in [1.54, 1.807) is 23.9 Å². The van der Waals surface area contributed by atoms with Crippen LogP contribution in [0.2, 0.25) is 15.1 Å². The van der Waals surface area contributed by atoms with Crippen LogP contribution in [0.5, 0.6) is 0 Å². The Balaban J connectivity index is 1.81. The van der Waals surface area contributed by atoms with Gasteiger partial charge in [-0.1, -0.05) is 46.9 Å². The van der Waals surface area contributed by atoms with Gasteiger partial charge in [-0.3, -0.25) is 4.55 Å². The van der Waals surface area contributed by atoms with E-state index in [0.717, 1.165) is 29.0 Å². The fourth-order valence-corrected chi connectivity index (χ4v) is 6.19. The molecule has 0 bridgehead atoms. The van der Waals surface area contributed by atoms with Gasteiger partial charge in [-0.15, -0.1) is 0 Å². The van der Waals surface area contributed by atoms with Gasteiger partial charge in [0.1, 0.15) is 0 Å². The van der Waals surface area contributed by atoms with E-state index in [2.05, 4.69) is 0 Å². The third-order valence-corrected chi connectivity index (χ3v) is 7.79. The minimum atomic E-state index is -4.10. The van der Waals surface area contributed by atoms with E-state index >= 15 is 0 Å². The van der Waals surface area contributed by atoms with Crippen molar-refractivity contribution in [2.45, 2.75) is 24.5 Å². The highest BCUT2D eigenvalue weighted by Gasteiger charge is 2.30. The molecule has 5 nitrogen and oxygen atoms in total. The quantitative estimate of drug-likeness (QED) is 0.416. The fraction of sp³-hybridized carbons (Fsp3) is 0.286. The molecule has 4 rings (SSSR count). The Morgan fingerprint density at radius 3 is 2.61 bits per heavy atom. The number of nitrogens with zero attached hydrogens (tertiary/aromatic N) is 2. The van der Waals surface area contributed by atoms with Crippen LogP contribution in [0.4, 0.5) is 0 Å². The van der Waals surface area contributed by atoms with Crippen molar-refractivity contribution in [3.05, 3.63) is 80.0 Å². The molecule has 31 heavy (non-hydrogen) atoms. The first-order valence-corrected chi connectivity index (χ1v) is 13.4. The van der Waals surface area contributed by atoms with Crippen molar-refractivity contribution in [3.8, 4) is 5.69 Å². The largest absolute Gasteiger partial charge is 0.286 e. The molecule has 164 valence electrons. The summed E-state index contributed by atoms with van der Waals surface area (Å²) < 4.78 is 33.7. The second kappa shape index (κ2) is 9.33. The molecule has 1 unspecified atom stereocenters. The van der Waals surface area contributed by atoms with E-state index in [9.17, 15) is 13.0 Å². The van der Waals surface area contributed by atoms with Gasteiger partial charge in [-0.25, -0.2) is 4.68 Å². The molecule has 1 aliphatic rings. The highest BCUT2D eigenvalue weighted by Crippen LogP contribution is 2.40. The SMILES string of the molecule is O=S(=O)(O)CCc1nn(-c2ccc(Cl)cc2Cl)c2c1CSCC2Cc1cccc(Cl)c1. The van der Waals surface area contributed by atoms with Crippen LogP contribution in [0.25, 0.3) is 5.69 Å². The predicted octanol–water partition coefficient (Wildman–Crippen LogP) is 5.84. The Morgan fingerprint density at radius 2 is 1.90 bits per heavy atom. The zero-order valence-electron chi connectivity index (χ0n) is 16.3. The smallest absolute Gasteiger partial charge is 0.265 e. The zero-order valence-corrected chi connectivity index (χ0v) is 20.2. The summed E-state index contributed by atoms with van der Waals surface area (Å²) in [6.45, 7) is 0. The fourth-order valence-electron chi connectivity index (χ4n) is 3.84. The summed E-state index contributed by atoms with van der Waals surface area (Å²) in [4.78, 5) is 0. The lowest BCUT2D eigenvalue weighted by molar-refractivity contribution is 0.482. The van der Waals surface area contributed by atoms with E-state index in [-0.39, 0.29) is 18.1 Å². The zero-order chi connectivity index (χ0) is 22.2. The first kappa shape index (κ1) is 23.0. The molecule has 1 aliphatic heterocycles. The van der Waals surface area contributed by atoms with E-state index in [1.165, 1.54) is 0 Å². The van der Waals surface area contributed by atoms with Gasteiger partial charge in [0.05, 0.1) is 27.9 Å². The van der Waals surface area contributed by atoms with Gasteiger partial charge in [-0.2, -0.15) is 25.3 Å². The van der Waals surface area contributed by atoms with E-state index < -0.39 is 10.1 Å². The molecule has 1 atom stereocenters. The highest BCUT2D eigenvalue weighted by atomic mass is 35.5. The summed E-state index contributed by atoms with van der Waals surface area (Å²) in [6.07, 6.45) is 0.888. The number of halogens is 3. The molecule has 1 aromatic heterocycles. The van der Waals surface area contributed by atoms with Crippen molar-refractivity contribution < 1.29 is 13.0 Å². The molecule has 2 aromatic carbocycles. The lowest BCUT2D eigenvalue weighted by Gasteiger charge is -2.25. The number of rotatable bonds is 6. The lowest BCUT2D eigenvalue weighted by Crippen LogP contribution is -2.17. The molecule has 0 spiro atoms. The lowest BCUT2D eigenvalue weighted by atomic mass is 9.94. The summed E-state index contributed by atoms with van der Waals surface area (Å²) in [5, 5.41) is 6.40. The maximum atomic E-state index is 11.3. The summed E-state index contributed by atoms with van der Waals surface area (Å²) >= 11 is 20.5. The second-order valence-electron chi connectivity index (χ2n) is 7.40. The average Bonchev–Trinajstić information content (AvgIpc) is 3.05. The minimum Gasteiger partial charge on any atom is -0.286 e. The van der Waals surface area contributed by atoms with Crippen LogP contribution in [-0.4, -0.2) is 34.3 Å². The molecule has 0 amide bonds. The summed E-state index contributed by atoms with van der Waals surface area (Å²) in [5.41, 5.74) is 4.46. The Kier molecular flexibility index (Phi) is 6.91. The minimum absolute atomic E-state index is 0.129. The maximum Gasteiger partial charge on any atom is 0.265 e. The predicted molar refractivity (Wildman–Crippen MR) is 128 cm³/mol. The Morgan fingerprint density at radius 1 is 1.13 bits per heavy atom. The summed E-state index contributed by atoms with van der Waals surface area (Å²) in [6, 6.07) is 13.0. The summed E-state index contributed by atoms with van der Waals surface area (Å²) in [7, 11) is -4.10. The average molecular weight is 518 g/mol. The van der Waals surface area contributed by atoms with Crippen molar-refractivity contribution in [2.24, 2.45) is 0 Å². The van der Waals surface area contributed by atoms with Crippen molar-refractivity contribution in [1.29, 1.82) is 0 Å². The van der Waals surface area contributed by atoms with Gasteiger partial charge in [-0.05, 0) is 42.3 Å². The van der Waals surface area contributed by atoms with Crippen LogP contribution in [0.15, 0.2) is 42.5 Å². The highest BCUT2D eigenvalue weighted by molar-refractivity contribution is 7.98. The number of thioether (sulfide) groups is 1. The Labute approximate surface area is 200 Å². The van der Waals surface area contributed by atoms with Gasteiger partial charge in [0.25, 0.3) is 10.1 Å². The van der Waals surface area contributed by atoms with Crippen LogP contribution in [0, 0.1) is 0 Å². The van der Waals surface area contributed by atoms with Gasteiger partial charge in [0, 0.05) is 39.5 Å². The van der Waals surface area contributed by atoms with Crippen LogP contribution in [0.3, 0.4) is 0 Å². The first-order valence-electron chi connectivity index (χ1n) is 9.54. The third kappa shape index (κ3) is 5.41. The topological polar surface area (TPSA) is 72.2 Å². The molecule has 0 fully saturated rings. The Hall–Kier alpha value is -1.22. The van der Waals surface area contributed by atoms with Gasteiger partial charge in [0.15, 0.2) is 0 Å². The molecular formula is C21H19Cl3N2O3S2. The van der Waals surface area contributed by atoms with Crippen LogP contribution < -0.4 is 0 Å². The number of aromatic nitrogens is 2. The monoisotopic (exact) mass is 516 g/mol. The Bertz CT molecular complexity index is 1230. The second-order valence-corrected chi connectivity index (χ2v) is 11.3. The van der Waals surface area contributed by atoms with Gasteiger partial charge < -0.3 is 0 Å². The third-order valence-electron chi connectivity index (χ3n) is 5.16. The molecular weight excluding hydrogens is 499 g/mol. The van der Waals surface area contributed by atoms with Crippen LogP contribution in [0.1, 0.15) is 28.4 Å². The van der Waals surface area contributed by atoms with Crippen LogP contribution >= 0.6 is 46.6 Å². The summed E-state index contributed by atoms with van der Waals surface area (Å²) in [5.74, 6) is 1.35. The van der Waals surface area contributed by atoms with Crippen molar-refractivity contribution in [1.82, 2.24) is 9.78 Å². The van der Waals surface area contributed by atoms with Crippen molar-refractivity contribution in [2.75, 3.05) is 11.5 Å². The van der Waals surface area contributed by atoms with Crippen molar-refractivity contribution in [3.63, 3.8) is 0 Å². The molecule has 0 saturated heterocycles. The first-order chi connectivity index (χ1) is 14.7. The van der Waals surface area contributed by atoms with Crippen LogP contribution in [-0.2, 0) is 28.7 Å². The maximum absolute atomic E-state index is 11.3. The van der Waals surface area contributed by atoms with E-state index in [1.807, 2.05) is 35.0 Å². The number of hydrogen-bond acceptors (Lipinski definition) is 4. The molecule has 3 aromatic rings. The molecule has 1 N–H and O–H groups in total. The molecule has 0 radical (unpaired) electrons. The standard InChI is InChI=1S/C21H19Cl3N2O3S2/c22-15-3-1-2-13(9-15)8-14-11-30-12-17-19(6-7-31(27,28)29)25-26(21(14)17)20-5-4-16(23)10-18(20)24/h1-5,9-10,14H,6-8,11-12H2,(H,27,28,29). The van der Waals surface area contributed by atoms with Gasteiger partial charge in [0.2, 0.25) is 0 Å². The van der Waals surface area contributed by atoms with E-state index in [0.29, 0.717) is 32.2 Å². The molecule has 0 saturated carbocycles. The number of hydrogen-bond donors (Lipinski definition) is 1. The number of aryl methyl sites for hydroxylation is 1. The number of benzene rings is 2. The van der Waals surface area contributed by atoms with Crippen molar-refractivity contribution >= 4 is 56.7 Å². The van der Waals surface area contributed by atoms with E-state index in [4.69, 9.17) is 39.9 Å². The normalized spacial score (nSPS) is 16.3. The molecule has 10 heteroatoms. The van der Waals surface area contributed by atoms with Gasteiger partial charge >= 0.3 is 0 Å². The molecule has 0 aliphatic carbocycles. The molecule has 2 heterocycles. The number of fused-ring (bicyclic) bond motifs is 1.